The van der Waals surface area contributed by atoms with Crippen molar-refractivity contribution in [2.24, 2.45) is 0 Å². The summed E-state index contributed by atoms with van der Waals surface area (Å²) in [6, 6.07) is 8.14. The maximum Gasteiger partial charge on any atom is 0.162 e. The van der Waals surface area contributed by atoms with Gasteiger partial charge in [0.2, 0.25) is 0 Å². The minimum absolute atomic E-state index is 0.115. The van der Waals surface area contributed by atoms with Crippen LogP contribution >= 0.6 is 11.8 Å². The van der Waals surface area contributed by atoms with E-state index in [1.165, 1.54) is 0 Å². The van der Waals surface area contributed by atoms with E-state index in [1.807, 2.05) is 18.2 Å². The van der Waals surface area contributed by atoms with Crippen LogP contribution < -0.4 is 14.8 Å². The lowest BCUT2D eigenvalue weighted by Crippen LogP contribution is -2.30. The van der Waals surface area contributed by atoms with Crippen molar-refractivity contribution in [1.82, 2.24) is 5.32 Å². The summed E-state index contributed by atoms with van der Waals surface area (Å²) in [4.78, 5) is 1.10. The van der Waals surface area contributed by atoms with Crippen molar-refractivity contribution >= 4 is 11.8 Å². The zero-order valence-electron chi connectivity index (χ0n) is 11.7. The first-order valence-electron chi connectivity index (χ1n) is 6.99. The fraction of sp³-hybridized carbons (Fsp3) is 0.533. The van der Waals surface area contributed by atoms with Gasteiger partial charge < -0.3 is 14.8 Å². The highest BCUT2D eigenvalue weighted by Crippen LogP contribution is 2.33. The normalized spacial score (nSPS) is 15.2. The van der Waals surface area contributed by atoms with Crippen LogP contribution in [0.5, 0.6) is 11.5 Å². The molecular weight excluding hydrogens is 272 g/mol. The van der Waals surface area contributed by atoms with Gasteiger partial charge in [-0.3, -0.25) is 0 Å². The molecule has 108 valence electrons. The Kier molecular flexibility index (Phi) is 6.03. The minimum Gasteiger partial charge on any atom is -0.490 e. The molecule has 20 heavy (non-hydrogen) atoms. The molecule has 1 atom stereocenters. The van der Waals surface area contributed by atoms with Crippen LogP contribution in [0.15, 0.2) is 23.1 Å². The highest BCUT2D eigenvalue weighted by atomic mass is 32.2. The van der Waals surface area contributed by atoms with Crippen LogP contribution in [0.1, 0.15) is 19.8 Å². The Labute approximate surface area is 124 Å². The number of nitrogens with one attached hydrogen (secondary N) is 1. The summed E-state index contributed by atoms with van der Waals surface area (Å²) in [5, 5.41) is 12.3. The van der Waals surface area contributed by atoms with E-state index in [0.717, 1.165) is 41.5 Å². The van der Waals surface area contributed by atoms with E-state index in [0.29, 0.717) is 13.2 Å². The number of hydrogen-bond acceptors (Lipinski definition) is 5. The summed E-state index contributed by atoms with van der Waals surface area (Å²) < 4.78 is 11.3. The van der Waals surface area contributed by atoms with Crippen LogP contribution in [-0.2, 0) is 0 Å². The van der Waals surface area contributed by atoms with Crippen LogP contribution in [-0.4, -0.2) is 31.6 Å². The molecule has 4 nitrogen and oxygen atoms in total. The Morgan fingerprint density at radius 1 is 1.35 bits per heavy atom. The third-order valence-electron chi connectivity index (χ3n) is 2.93. The number of hydrogen-bond donors (Lipinski definition) is 1. The molecule has 1 aromatic carbocycles. The average Bonchev–Trinajstić information content (AvgIpc) is 2.72. The molecule has 1 N–H and O–H groups in total. The maximum atomic E-state index is 9.09. The summed E-state index contributed by atoms with van der Waals surface area (Å²) in [5.41, 5.74) is 0. The zero-order valence-corrected chi connectivity index (χ0v) is 12.5. The van der Waals surface area contributed by atoms with Gasteiger partial charge >= 0.3 is 0 Å². The van der Waals surface area contributed by atoms with E-state index < -0.39 is 0 Å². The van der Waals surface area contributed by atoms with Gasteiger partial charge in [0.25, 0.3) is 0 Å². The summed E-state index contributed by atoms with van der Waals surface area (Å²) in [6.45, 7) is 4.37. The van der Waals surface area contributed by atoms with Crippen molar-refractivity contribution in [2.45, 2.75) is 30.7 Å². The molecule has 0 bridgehead atoms. The molecular formula is C15H20N2O2S. The first-order valence-corrected chi connectivity index (χ1v) is 7.97. The lowest BCUT2D eigenvalue weighted by Gasteiger charge is -2.12. The third kappa shape index (κ3) is 4.32. The van der Waals surface area contributed by atoms with Gasteiger partial charge in [-0.25, -0.2) is 0 Å². The summed E-state index contributed by atoms with van der Waals surface area (Å²) in [7, 11) is 0. The number of nitrogens with zero attached hydrogens (tertiary/aromatic N) is 1. The summed E-state index contributed by atoms with van der Waals surface area (Å²) in [5.74, 6) is 2.35. The fourth-order valence-electron chi connectivity index (χ4n) is 1.87. The highest BCUT2D eigenvalue weighted by Gasteiger charge is 2.12. The van der Waals surface area contributed by atoms with Gasteiger partial charge in [0.05, 0.1) is 19.3 Å². The average molecular weight is 292 g/mol. The van der Waals surface area contributed by atoms with Crippen LogP contribution in [0.2, 0.25) is 0 Å². The summed E-state index contributed by atoms with van der Waals surface area (Å²) in [6.07, 6.45) is 1.95. The minimum atomic E-state index is -0.115. The molecule has 1 aromatic rings. The standard InChI is InChI=1S/C15H20N2O2S/c1-2-6-17-12(10-16)11-20-13-4-5-14-15(9-13)19-8-3-7-18-14/h4-5,9,12,17H,2-3,6-8,11H2,1H3. The number of rotatable bonds is 6. The van der Waals surface area contributed by atoms with Gasteiger partial charge in [-0.15, -0.1) is 11.8 Å². The van der Waals surface area contributed by atoms with Crippen molar-refractivity contribution in [3.8, 4) is 17.6 Å². The Balaban J connectivity index is 1.93. The van der Waals surface area contributed by atoms with Crippen molar-refractivity contribution in [3.63, 3.8) is 0 Å². The molecule has 2 rings (SSSR count). The molecule has 5 heteroatoms. The number of benzene rings is 1. The van der Waals surface area contributed by atoms with Gasteiger partial charge in [0.15, 0.2) is 11.5 Å². The molecule has 1 aliphatic heterocycles. The monoisotopic (exact) mass is 292 g/mol. The number of ether oxygens (including phenoxy) is 2. The molecule has 1 aliphatic rings. The fourth-order valence-corrected chi connectivity index (χ4v) is 2.78. The van der Waals surface area contributed by atoms with Gasteiger partial charge in [0.1, 0.15) is 6.04 Å². The molecule has 0 radical (unpaired) electrons. The Bertz CT molecular complexity index is 473. The third-order valence-corrected chi connectivity index (χ3v) is 4.02. The van der Waals surface area contributed by atoms with Gasteiger partial charge in [0, 0.05) is 17.1 Å². The molecule has 0 aromatic heterocycles. The SMILES string of the molecule is CCCNC(C#N)CSc1ccc2c(c1)OCCCO2. The van der Waals surface area contributed by atoms with Crippen LogP contribution in [0.3, 0.4) is 0 Å². The Morgan fingerprint density at radius 3 is 2.90 bits per heavy atom. The zero-order chi connectivity index (χ0) is 14.2. The Morgan fingerprint density at radius 2 is 2.15 bits per heavy atom. The molecule has 1 heterocycles. The van der Waals surface area contributed by atoms with E-state index in [1.54, 1.807) is 11.8 Å². The van der Waals surface area contributed by atoms with E-state index >= 15 is 0 Å². The van der Waals surface area contributed by atoms with E-state index in [2.05, 4.69) is 18.3 Å². The van der Waals surface area contributed by atoms with E-state index in [4.69, 9.17) is 14.7 Å². The van der Waals surface area contributed by atoms with Crippen molar-refractivity contribution < 1.29 is 9.47 Å². The van der Waals surface area contributed by atoms with Crippen LogP contribution in [0.25, 0.3) is 0 Å². The van der Waals surface area contributed by atoms with Gasteiger partial charge in [-0.1, -0.05) is 6.92 Å². The van der Waals surface area contributed by atoms with Crippen molar-refractivity contribution in [3.05, 3.63) is 18.2 Å². The number of thioether (sulfide) groups is 1. The highest BCUT2D eigenvalue weighted by molar-refractivity contribution is 7.99. The lowest BCUT2D eigenvalue weighted by molar-refractivity contribution is 0.297. The molecule has 0 fully saturated rings. The maximum absolute atomic E-state index is 9.09. The van der Waals surface area contributed by atoms with Crippen LogP contribution in [0, 0.1) is 11.3 Å². The largest absolute Gasteiger partial charge is 0.490 e. The van der Waals surface area contributed by atoms with Crippen LogP contribution in [0.4, 0.5) is 0 Å². The molecule has 0 spiro atoms. The number of nitriles is 1. The first kappa shape index (κ1) is 15.0. The molecule has 0 amide bonds. The predicted molar refractivity (Wildman–Crippen MR) is 80.5 cm³/mol. The smallest absolute Gasteiger partial charge is 0.162 e. The molecule has 0 saturated heterocycles. The van der Waals surface area contributed by atoms with E-state index in [-0.39, 0.29) is 6.04 Å². The second kappa shape index (κ2) is 8.03. The lowest BCUT2D eigenvalue weighted by atomic mass is 10.3. The summed E-state index contributed by atoms with van der Waals surface area (Å²) >= 11 is 1.66. The van der Waals surface area contributed by atoms with E-state index in [9.17, 15) is 0 Å². The topological polar surface area (TPSA) is 54.3 Å². The molecule has 1 unspecified atom stereocenters. The molecule has 0 aliphatic carbocycles. The molecule has 0 saturated carbocycles. The number of fused-ring (bicyclic) bond motifs is 1. The second-order valence-corrected chi connectivity index (χ2v) is 5.70. The first-order chi connectivity index (χ1) is 9.83. The van der Waals surface area contributed by atoms with Crippen molar-refractivity contribution in [2.75, 3.05) is 25.5 Å². The van der Waals surface area contributed by atoms with Crippen molar-refractivity contribution in [1.29, 1.82) is 5.26 Å². The van der Waals surface area contributed by atoms with Gasteiger partial charge in [-0.05, 0) is 31.2 Å². The second-order valence-electron chi connectivity index (χ2n) is 4.61. The predicted octanol–water partition coefficient (Wildman–Crippen LogP) is 2.83. The Hall–Kier alpha value is -1.38. The quantitative estimate of drug-likeness (QED) is 0.817. The van der Waals surface area contributed by atoms with Gasteiger partial charge in [-0.2, -0.15) is 5.26 Å².